The van der Waals surface area contributed by atoms with Gasteiger partial charge in [-0.2, -0.15) is 0 Å². The number of thiophene rings is 1. The molecule has 3 heterocycles. The predicted octanol–water partition coefficient (Wildman–Crippen LogP) is 4.64. The smallest absolute Gasteiger partial charge is 0.339 e. The van der Waals surface area contributed by atoms with Crippen molar-refractivity contribution in [3.63, 3.8) is 0 Å². The minimum atomic E-state index is -0.578. The lowest BCUT2D eigenvalue weighted by atomic mass is 9.99. The Hall–Kier alpha value is -4.54. The van der Waals surface area contributed by atoms with Crippen molar-refractivity contribution >= 4 is 58.8 Å². The molecule has 1 aliphatic heterocycles. The number of nitrogens with one attached hydrogen (secondary N) is 2. The molecule has 4 aromatic rings. The van der Waals surface area contributed by atoms with Crippen LogP contribution in [0.25, 0.3) is 5.00 Å². The van der Waals surface area contributed by atoms with E-state index in [1.54, 1.807) is 11.3 Å². The van der Waals surface area contributed by atoms with Crippen molar-refractivity contribution < 1.29 is 19.1 Å². The lowest BCUT2D eigenvalue weighted by molar-refractivity contribution is -0.121. The van der Waals surface area contributed by atoms with Crippen molar-refractivity contribution in [2.24, 2.45) is 10.7 Å². The van der Waals surface area contributed by atoms with Gasteiger partial charge in [-0.15, -0.1) is 33.9 Å². The number of carbonyl (C=O) groups excluding carboxylic acids is 3. The van der Waals surface area contributed by atoms with Crippen LogP contribution in [0.4, 0.5) is 0 Å². The summed E-state index contributed by atoms with van der Waals surface area (Å²) in [5, 5.41) is 16.2. The van der Waals surface area contributed by atoms with Crippen molar-refractivity contribution in [3.8, 4) is 16.8 Å². The maximum absolute atomic E-state index is 13.2. The normalized spacial score (nSPS) is 13.0. The summed E-state index contributed by atoms with van der Waals surface area (Å²) < 4.78 is 6.80. The number of halogens is 2. The molecule has 4 N–H and O–H groups in total. The van der Waals surface area contributed by atoms with Gasteiger partial charge in [0, 0.05) is 45.2 Å². The Morgan fingerprint density at radius 1 is 1.06 bits per heavy atom. The van der Waals surface area contributed by atoms with E-state index in [1.165, 1.54) is 25.3 Å². The Labute approximate surface area is 293 Å². The number of fused-ring (bicyclic) bond motifs is 3. The summed E-state index contributed by atoms with van der Waals surface area (Å²) in [7, 11) is 1.28. The van der Waals surface area contributed by atoms with Crippen LogP contribution < -0.4 is 16.4 Å². The Balaban J connectivity index is 0.00000520. The second-order valence-electron chi connectivity index (χ2n) is 10.8. The summed E-state index contributed by atoms with van der Waals surface area (Å²) in [6, 6.07) is 11.5. The van der Waals surface area contributed by atoms with Gasteiger partial charge in [-0.25, -0.2) is 4.79 Å². The molecule has 5 rings (SSSR count). The van der Waals surface area contributed by atoms with E-state index < -0.39 is 12.0 Å². The van der Waals surface area contributed by atoms with Gasteiger partial charge in [0.15, 0.2) is 5.82 Å². The third-order valence-electron chi connectivity index (χ3n) is 7.71. The molecule has 0 spiro atoms. The molecule has 14 heteroatoms. The zero-order valence-electron chi connectivity index (χ0n) is 26.8. The number of hydrogen-bond acceptors (Lipinski definition) is 9. The molecule has 0 saturated heterocycles. The molecule has 0 bridgehead atoms. The van der Waals surface area contributed by atoms with Gasteiger partial charge in [0.25, 0.3) is 5.91 Å². The highest BCUT2D eigenvalue weighted by atomic mass is 35.5. The largest absolute Gasteiger partial charge is 0.465 e. The average molecular weight is 709 g/mol. The molecule has 0 fully saturated rings. The SMILES string of the molecule is COC(=O)c1ccc(C(=O)NCCCNC(=O)C[C@@H]2N=C(c3ccc(Cl)cc3)c3c(sc(C)c3C)-n3c(C)nnc32)cc1C#CCN.Cl. The van der Waals surface area contributed by atoms with E-state index in [2.05, 4.69) is 46.5 Å². The molecular formula is C34H35Cl2N7O4S. The van der Waals surface area contributed by atoms with Crippen molar-refractivity contribution in [3.05, 3.63) is 97.4 Å². The van der Waals surface area contributed by atoms with E-state index in [4.69, 9.17) is 27.1 Å². The zero-order chi connectivity index (χ0) is 33.7. The van der Waals surface area contributed by atoms with E-state index in [1.807, 2.05) is 35.8 Å². The number of hydrogen-bond donors (Lipinski definition) is 3. The van der Waals surface area contributed by atoms with Crippen LogP contribution in [0.5, 0.6) is 0 Å². The van der Waals surface area contributed by atoms with E-state index in [-0.39, 0.29) is 42.8 Å². The van der Waals surface area contributed by atoms with Crippen LogP contribution in [0.1, 0.15) is 78.4 Å². The topological polar surface area (TPSA) is 154 Å². The summed E-state index contributed by atoms with van der Waals surface area (Å²) in [5.74, 6) is 5.74. The number of methoxy groups -OCH3 is 1. The maximum Gasteiger partial charge on any atom is 0.339 e. The number of amides is 2. The molecular weight excluding hydrogens is 673 g/mol. The second-order valence-corrected chi connectivity index (χ2v) is 12.5. The molecule has 0 radical (unpaired) electrons. The number of nitrogens with two attached hydrogens (primary N) is 1. The van der Waals surface area contributed by atoms with Crippen LogP contribution in [0.2, 0.25) is 5.02 Å². The minimum absolute atomic E-state index is 0. The number of esters is 1. The first-order valence-electron chi connectivity index (χ1n) is 15.0. The Bertz CT molecular complexity index is 1940. The lowest BCUT2D eigenvalue weighted by Crippen LogP contribution is -2.30. The molecule has 2 aromatic heterocycles. The van der Waals surface area contributed by atoms with E-state index in [0.29, 0.717) is 41.5 Å². The number of nitrogens with zero attached hydrogens (tertiary/aromatic N) is 4. The van der Waals surface area contributed by atoms with E-state index >= 15 is 0 Å². The number of aliphatic imine (C=N–C) groups is 1. The lowest BCUT2D eigenvalue weighted by Gasteiger charge is -2.13. The van der Waals surface area contributed by atoms with Gasteiger partial charge >= 0.3 is 5.97 Å². The summed E-state index contributed by atoms with van der Waals surface area (Å²) in [6.45, 7) is 6.81. The standard InChI is InChI=1S/C34H34ClN7O4S.ClH/c1-19-20(2)47-33-29(19)30(22-8-11-25(35)12-9-22)39-27(31-41-40-21(3)42(31)33)18-28(43)37-15-6-16-38-32(44)24-10-13-26(34(45)46-4)23(17-24)7-5-14-36;/h8-13,17,27H,6,14-16,18,36H2,1-4H3,(H,37,43)(H,38,44);1H/t27-;/m0./s1. The Morgan fingerprint density at radius 3 is 2.50 bits per heavy atom. The summed E-state index contributed by atoms with van der Waals surface area (Å²) in [6.07, 6.45) is 0.556. The first kappa shape index (κ1) is 36.3. The molecule has 0 unspecified atom stereocenters. The highest BCUT2D eigenvalue weighted by molar-refractivity contribution is 7.15. The maximum atomic E-state index is 13.2. The third-order valence-corrected chi connectivity index (χ3v) is 9.15. The van der Waals surface area contributed by atoms with Gasteiger partial charge in [0.1, 0.15) is 16.9 Å². The molecule has 250 valence electrons. The highest BCUT2D eigenvalue weighted by Crippen LogP contribution is 2.39. The van der Waals surface area contributed by atoms with Crippen LogP contribution in [0, 0.1) is 32.6 Å². The van der Waals surface area contributed by atoms with Crippen LogP contribution in [0.15, 0.2) is 47.5 Å². The third kappa shape index (κ3) is 7.77. The predicted molar refractivity (Wildman–Crippen MR) is 189 cm³/mol. The molecule has 0 saturated carbocycles. The summed E-state index contributed by atoms with van der Waals surface area (Å²) in [5.41, 5.74) is 10.2. The van der Waals surface area contributed by atoms with Gasteiger partial charge < -0.3 is 21.1 Å². The Kier molecular flexibility index (Phi) is 12.1. The molecule has 1 atom stereocenters. The number of ether oxygens (including phenoxy) is 1. The average Bonchev–Trinajstić information content (AvgIpc) is 3.54. The minimum Gasteiger partial charge on any atom is -0.465 e. The summed E-state index contributed by atoms with van der Waals surface area (Å²) >= 11 is 7.85. The fraction of sp³-hybridized carbons (Fsp3) is 0.294. The van der Waals surface area contributed by atoms with Gasteiger partial charge in [0.2, 0.25) is 5.91 Å². The quantitative estimate of drug-likeness (QED) is 0.130. The molecule has 2 aromatic carbocycles. The van der Waals surface area contributed by atoms with Crippen LogP contribution in [0.3, 0.4) is 0 Å². The molecule has 2 amide bonds. The van der Waals surface area contributed by atoms with Crippen molar-refractivity contribution in [1.29, 1.82) is 0 Å². The first-order valence-corrected chi connectivity index (χ1v) is 16.1. The zero-order valence-corrected chi connectivity index (χ0v) is 29.2. The number of benzene rings is 2. The van der Waals surface area contributed by atoms with E-state index in [9.17, 15) is 14.4 Å². The molecule has 0 aliphatic carbocycles. The monoisotopic (exact) mass is 707 g/mol. The van der Waals surface area contributed by atoms with Crippen molar-refractivity contribution in [1.82, 2.24) is 25.4 Å². The number of carbonyl (C=O) groups is 3. The van der Waals surface area contributed by atoms with Crippen molar-refractivity contribution in [2.75, 3.05) is 26.7 Å². The highest BCUT2D eigenvalue weighted by Gasteiger charge is 2.32. The van der Waals surface area contributed by atoms with E-state index in [0.717, 1.165) is 38.1 Å². The van der Waals surface area contributed by atoms with Gasteiger partial charge in [-0.05, 0) is 63.1 Å². The summed E-state index contributed by atoms with van der Waals surface area (Å²) in [4.78, 5) is 44.4. The number of rotatable bonds is 9. The van der Waals surface area contributed by atoms with Crippen LogP contribution >= 0.6 is 35.3 Å². The number of aryl methyl sites for hydroxylation is 2. The fourth-order valence-corrected chi connectivity index (χ4v) is 6.56. The molecule has 48 heavy (non-hydrogen) atoms. The van der Waals surface area contributed by atoms with Gasteiger partial charge in [-0.3, -0.25) is 19.1 Å². The first-order chi connectivity index (χ1) is 22.6. The van der Waals surface area contributed by atoms with Crippen LogP contribution in [-0.4, -0.2) is 65.0 Å². The molecule has 1 aliphatic rings. The van der Waals surface area contributed by atoms with Crippen LogP contribution in [-0.2, 0) is 9.53 Å². The fourth-order valence-electron chi connectivity index (χ4n) is 5.22. The van der Waals surface area contributed by atoms with Gasteiger partial charge in [-0.1, -0.05) is 35.6 Å². The van der Waals surface area contributed by atoms with Crippen molar-refractivity contribution in [2.45, 2.75) is 39.7 Å². The second kappa shape index (κ2) is 16.0. The number of aromatic nitrogens is 3. The van der Waals surface area contributed by atoms with Gasteiger partial charge in [0.05, 0.1) is 31.4 Å². The molecule has 11 nitrogen and oxygen atoms in total. The Morgan fingerprint density at radius 2 is 1.79 bits per heavy atom.